The normalized spacial score (nSPS) is 17.4. The summed E-state index contributed by atoms with van der Waals surface area (Å²) in [5.74, 6) is 0.265. The minimum atomic E-state index is -4.50. The topological polar surface area (TPSA) is 41.6 Å². The van der Waals surface area contributed by atoms with Crippen LogP contribution in [0.3, 0.4) is 0 Å². The van der Waals surface area contributed by atoms with Crippen LogP contribution < -0.4 is 10.2 Å². The van der Waals surface area contributed by atoms with E-state index >= 15 is 0 Å². The summed E-state index contributed by atoms with van der Waals surface area (Å²) in [7, 11) is 0. The van der Waals surface area contributed by atoms with E-state index in [1.165, 1.54) is 12.1 Å². The van der Waals surface area contributed by atoms with Crippen molar-refractivity contribution in [1.29, 1.82) is 0 Å². The summed E-state index contributed by atoms with van der Waals surface area (Å²) in [6.07, 6.45) is -4.44. The molecular weight excluding hydrogens is 345 g/mol. The Morgan fingerprint density at radius 1 is 1.08 bits per heavy atom. The van der Waals surface area contributed by atoms with E-state index in [2.05, 4.69) is 5.43 Å². The molecule has 1 heterocycles. The van der Waals surface area contributed by atoms with Crippen LogP contribution in [-0.2, 0) is 4.79 Å². The molecule has 7 heteroatoms. The van der Waals surface area contributed by atoms with Crippen molar-refractivity contribution in [1.82, 2.24) is 10.4 Å². The smallest absolute Gasteiger partial charge is 0.409 e. The van der Waals surface area contributed by atoms with Crippen LogP contribution in [0, 0.1) is 0 Å². The predicted octanol–water partition coefficient (Wildman–Crippen LogP) is 4.36. The van der Waals surface area contributed by atoms with E-state index in [4.69, 9.17) is 4.74 Å². The monoisotopic (exact) mass is 366 g/mol. The molecule has 0 aliphatic carbocycles. The Morgan fingerprint density at radius 2 is 1.73 bits per heavy atom. The molecule has 1 atom stereocenters. The second kappa shape index (κ2) is 6.46. The first kappa shape index (κ1) is 18.5. The van der Waals surface area contributed by atoms with E-state index in [9.17, 15) is 18.0 Å². The summed E-state index contributed by atoms with van der Waals surface area (Å²) in [6.45, 7) is 5.81. The standard InChI is InChI=1S/C19H21F3N2O2/c1-18(2,3)26-15-7-6-12-10-14(5-4-13(12)11-15)17(19(20,21)22)24-9-8-16(25)23-24/h4-7,10-11,17H,8-9H2,1-3H3,(H,23,25)/t17-/m0/s1. The Hall–Kier alpha value is -2.28. The van der Waals surface area contributed by atoms with E-state index < -0.39 is 18.1 Å². The predicted molar refractivity (Wildman–Crippen MR) is 92.6 cm³/mol. The molecule has 1 amide bonds. The second-order valence-electron chi connectivity index (χ2n) is 7.41. The minimum absolute atomic E-state index is 0.0272. The number of hydrogen-bond donors (Lipinski definition) is 1. The van der Waals surface area contributed by atoms with Crippen molar-refractivity contribution >= 4 is 16.7 Å². The first-order chi connectivity index (χ1) is 12.0. The number of nitrogens with one attached hydrogen (secondary N) is 1. The summed E-state index contributed by atoms with van der Waals surface area (Å²) in [4.78, 5) is 11.3. The number of halogens is 3. The summed E-state index contributed by atoms with van der Waals surface area (Å²) in [5.41, 5.74) is 2.03. The molecule has 1 aliphatic heterocycles. The highest BCUT2D eigenvalue weighted by molar-refractivity contribution is 5.84. The highest BCUT2D eigenvalue weighted by Crippen LogP contribution is 2.39. The third kappa shape index (κ3) is 4.09. The lowest BCUT2D eigenvalue weighted by Gasteiger charge is -2.29. The highest BCUT2D eigenvalue weighted by Gasteiger charge is 2.46. The first-order valence-electron chi connectivity index (χ1n) is 8.38. The number of amides is 1. The Bertz CT molecular complexity index is 828. The maximum atomic E-state index is 13.6. The Balaban J connectivity index is 1.96. The van der Waals surface area contributed by atoms with Gasteiger partial charge in [0.2, 0.25) is 5.91 Å². The van der Waals surface area contributed by atoms with Crippen LogP contribution in [0.4, 0.5) is 13.2 Å². The number of benzene rings is 2. The van der Waals surface area contributed by atoms with Crippen molar-refractivity contribution in [2.24, 2.45) is 0 Å². The molecule has 2 aromatic carbocycles. The zero-order valence-electron chi connectivity index (χ0n) is 14.9. The second-order valence-corrected chi connectivity index (χ2v) is 7.41. The average Bonchev–Trinajstić information content (AvgIpc) is 2.90. The minimum Gasteiger partial charge on any atom is -0.488 e. The number of rotatable bonds is 3. The number of fused-ring (bicyclic) bond motifs is 1. The van der Waals surface area contributed by atoms with Gasteiger partial charge in [0.15, 0.2) is 0 Å². The van der Waals surface area contributed by atoms with Crippen LogP contribution in [0.5, 0.6) is 5.75 Å². The molecule has 0 aromatic heterocycles. The number of hydrogen-bond acceptors (Lipinski definition) is 3. The Morgan fingerprint density at radius 3 is 2.31 bits per heavy atom. The maximum absolute atomic E-state index is 13.6. The van der Waals surface area contributed by atoms with E-state index in [1.807, 2.05) is 26.8 Å². The van der Waals surface area contributed by atoms with Crippen LogP contribution in [0.1, 0.15) is 38.8 Å². The summed E-state index contributed by atoms with van der Waals surface area (Å²) < 4.78 is 46.7. The van der Waals surface area contributed by atoms with Gasteiger partial charge in [0.25, 0.3) is 0 Å². The molecule has 1 aliphatic rings. The molecule has 140 valence electrons. The lowest BCUT2D eigenvalue weighted by atomic mass is 10.0. The lowest BCUT2D eigenvalue weighted by molar-refractivity contribution is -0.191. The average molecular weight is 366 g/mol. The van der Waals surface area contributed by atoms with Crippen molar-refractivity contribution in [2.75, 3.05) is 6.54 Å². The van der Waals surface area contributed by atoms with Crippen molar-refractivity contribution in [3.05, 3.63) is 42.0 Å². The molecule has 0 bridgehead atoms. The van der Waals surface area contributed by atoms with Crippen LogP contribution >= 0.6 is 0 Å². The largest absolute Gasteiger partial charge is 0.488 e. The van der Waals surface area contributed by atoms with Crippen LogP contribution in [-0.4, -0.2) is 29.2 Å². The van der Waals surface area contributed by atoms with Crippen molar-refractivity contribution < 1.29 is 22.7 Å². The van der Waals surface area contributed by atoms with Gasteiger partial charge in [-0.25, -0.2) is 5.01 Å². The third-order valence-electron chi connectivity index (χ3n) is 4.05. The van der Waals surface area contributed by atoms with Gasteiger partial charge in [0, 0.05) is 13.0 Å². The van der Waals surface area contributed by atoms with E-state index in [0.717, 1.165) is 10.4 Å². The molecule has 4 nitrogen and oxygen atoms in total. The van der Waals surface area contributed by atoms with Gasteiger partial charge in [-0.05, 0) is 55.3 Å². The number of carbonyl (C=O) groups is 1. The van der Waals surface area contributed by atoms with Gasteiger partial charge in [-0.1, -0.05) is 18.2 Å². The number of carbonyl (C=O) groups excluding carboxylic acids is 1. The van der Waals surface area contributed by atoms with Gasteiger partial charge in [0.1, 0.15) is 17.4 Å². The fourth-order valence-electron chi connectivity index (χ4n) is 3.06. The van der Waals surface area contributed by atoms with Gasteiger partial charge in [-0.3, -0.25) is 10.2 Å². The van der Waals surface area contributed by atoms with Gasteiger partial charge >= 0.3 is 6.18 Å². The molecular formula is C19H21F3N2O2. The summed E-state index contributed by atoms with van der Waals surface area (Å²) in [5, 5.41) is 2.44. The van der Waals surface area contributed by atoms with Crippen LogP contribution in [0.25, 0.3) is 10.8 Å². The third-order valence-corrected chi connectivity index (χ3v) is 4.05. The number of ether oxygens (including phenoxy) is 1. The molecule has 0 radical (unpaired) electrons. The van der Waals surface area contributed by atoms with Gasteiger partial charge in [-0.15, -0.1) is 0 Å². The number of hydrazine groups is 1. The molecule has 26 heavy (non-hydrogen) atoms. The lowest BCUT2D eigenvalue weighted by Crippen LogP contribution is -2.43. The summed E-state index contributed by atoms with van der Waals surface area (Å²) in [6, 6.07) is 8.04. The quantitative estimate of drug-likeness (QED) is 0.878. The van der Waals surface area contributed by atoms with E-state index in [-0.39, 0.29) is 24.1 Å². The van der Waals surface area contributed by atoms with Crippen LogP contribution in [0.15, 0.2) is 36.4 Å². The molecule has 0 unspecified atom stereocenters. The zero-order chi connectivity index (χ0) is 19.1. The molecule has 1 N–H and O–H groups in total. The SMILES string of the molecule is CC(C)(C)Oc1ccc2cc([C@H](N3CCC(=O)N3)C(F)(F)F)ccc2c1. The van der Waals surface area contributed by atoms with E-state index in [1.54, 1.807) is 18.2 Å². The van der Waals surface area contributed by atoms with Crippen molar-refractivity contribution in [3.8, 4) is 5.75 Å². The van der Waals surface area contributed by atoms with Crippen molar-refractivity contribution in [3.63, 3.8) is 0 Å². The Labute approximate surface area is 149 Å². The van der Waals surface area contributed by atoms with Crippen molar-refractivity contribution in [2.45, 2.75) is 45.0 Å². The Kier molecular flexibility index (Phi) is 4.60. The molecule has 1 fully saturated rings. The highest BCUT2D eigenvalue weighted by atomic mass is 19.4. The summed E-state index contributed by atoms with van der Waals surface area (Å²) >= 11 is 0. The molecule has 1 saturated heterocycles. The fourth-order valence-corrected chi connectivity index (χ4v) is 3.06. The van der Waals surface area contributed by atoms with Crippen LogP contribution in [0.2, 0.25) is 0 Å². The zero-order valence-corrected chi connectivity index (χ0v) is 14.9. The fraction of sp³-hybridized carbons (Fsp3) is 0.421. The van der Waals surface area contributed by atoms with Gasteiger partial charge in [-0.2, -0.15) is 13.2 Å². The number of alkyl halides is 3. The number of nitrogens with zero attached hydrogens (tertiary/aromatic N) is 1. The first-order valence-corrected chi connectivity index (χ1v) is 8.38. The molecule has 0 saturated carbocycles. The maximum Gasteiger partial charge on any atom is 0.409 e. The van der Waals surface area contributed by atoms with E-state index in [0.29, 0.717) is 11.1 Å². The molecule has 3 rings (SSSR count). The molecule has 0 spiro atoms. The molecule has 2 aromatic rings. The van der Waals surface area contributed by atoms with Gasteiger partial charge in [0.05, 0.1) is 0 Å². The van der Waals surface area contributed by atoms with Gasteiger partial charge < -0.3 is 4.74 Å².